The fourth-order valence-corrected chi connectivity index (χ4v) is 4.50. The van der Waals surface area contributed by atoms with Gasteiger partial charge in [-0.3, -0.25) is 10.1 Å². The van der Waals surface area contributed by atoms with E-state index in [9.17, 15) is 4.79 Å². The number of nitrogens with zero attached hydrogens (tertiary/aromatic N) is 4. The summed E-state index contributed by atoms with van der Waals surface area (Å²) in [6.07, 6.45) is 0. The Hall–Kier alpha value is -2.44. The summed E-state index contributed by atoms with van der Waals surface area (Å²) in [5, 5.41) is 19.7. The zero-order valence-corrected chi connectivity index (χ0v) is 19.2. The van der Waals surface area contributed by atoms with Crippen LogP contribution in [0.25, 0.3) is 15.5 Å². The van der Waals surface area contributed by atoms with Gasteiger partial charge in [0.2, 0.25) is 4.96 Å². The van der Waals surface area contributed by atoms with Crippen molar-refractivity contribution >= 4 is 67.8 Å². The third-order valence-corrected chi connectivity index (χ3v) is 6.08. The van der Waals surface area contributed by atoms with E-state index < -0.39 is 0 Å². The molecule has 0 fully saturated rings. The largest absolute Gasteiger partial charge is 0.332 e. The number of benzene rings is 2. The smallest absolute Gasteiger partial charge is 0.257 e. The van der Waals surface area contributed by atoms with Gasteiger partial charge in [0.15, 0.2) is 10.9 Å². The highest BCUT2D eigenvalue weighted by Crippen LogP contribution is 2.31. The van der Waals surface area contributed by atoms with Crippen LogP contribution in [-0.2, 0) is 0 Å². The zero-order chi connectivity index (χ0) is 20.5. The Morgan fingerprint density at radius 2 is 1.97 bits per heavy atom. The molecule has 29 heavy (non-hydrogen) atoms. The van der Waals surface area contributed by atoms with E-state index in [1.54, 1.807) is 16.6 Å². The molecule has 2 aromatic carbocycles. The predicted molar refractivity (Wildman–Crippen MR) is 126 cm³/mol. The number of hydrogen-bond acceptors (Lipinski definition) is 6. The summed E-state index contributed by atoms with van der Waals surface area (Å²) >= 11 is 8.98. The van der Waals surface area contributed by atoms with Gasteiger partial charge in [0.25, 0.3) is 5.91 Å². The number of hydrogen-bond donors (Lipinski definition) is 2. The van der Waals surface area contributed by atoms with Crippen molar-refractivity contribution in [1.29, 1.82) is 0 Å². The topological polar surface area (TPSA) is 84.2 Å². The number of carbonyl (C=O) groups is 1. The molecule has 0 saturated carbocycles. The lowest BCUT2D eigenvalue weighted by Gasteiger charge is -2.13. The van der Waals surface area contributed by atoms with E-state index in [1.807, 2.05) is 44.2 Å². The van der Waals surface area contributed by atoms with Crippen LogP contribution >= 0.6 is 46.1 Å². The molecule has 0 unspecified atom stereocenters. The molecule has 0 spiro atoms. The van der Waals surface area contributed by atoms with Gasteiger partial charge in [-0.2, -0.15) is 9.61 Å². The highest BCUT2D eigenvalue weighted by atomic mass is 127. The lowest BCUT2D eigenvalue weighted by molar-refractivity contribution is 0.0977. The highest BCUT2D eigenvalue weighted by molar-refractivity contribution is 14.1. The number of fused-ring (bicyclic) bond motifs is 1. The fraction of sp³-hybridized carbons (Fsp3) is 0.105. The molecule has 0 bridgehead atoms. The van der Waals surface area contributed by atoms with E-state index in [4.69, 9.17) is 12.2 Å². The van der Waals surface area contributed by atoms with Crippen molar-refractivity contribution in [3.63, 3.8) is 0 Å². The Balaban J connectivity index is 1.54. The normalized spacial score (nSPS) is 10.9. The molecule has 0 radical (unpaired) electrons. The second-order valence-corrected chi connectivity index (χ2v) is 8.86. The Kier molecular flexibility index (Phi) is 5.56. The number of nitrogens with one attached hydrogen (secondary N) is 2. The van der Waals surface area contributed by atoms with E-state index in [0.29, 0.717) is 5.56 Å². The first-order valence-corrected chi connectivity index (χ1v) is 10.9. The number of aryl methyl sites for hydroxylation is 1. The second kappa shape index (κ2) is 8.13. The molecule has 0 aliphatic rings. The van der Waals surface area contributed by atoms with Crippen LogP contribution in [0.1, 0.15) is 21.7 Å². The van der Waals surface area contributed by atoms with Crippen molar-refractivity contribution in [3.8, 4) is 10.6 Å². The standard InChI is InChI=1S/C19H15IN6OS2/c1-10-14(17-25-26-11(2)23-24-19(26)29-17)7-4-8-15(10)21-18(28)22-16(27)12-5-3-6-13(20)9-12/h3-9H,1-2H3,(H2,21,22,27,28). The van der Waals surface area contributed by atoms with Crippen molar-refractivity contribution in [3.05, 3.63) is 63.0 Å². The number of carbonyl (C=O) groups excluding carboxylic acids is 1. The number of halogens is 1. The Morgan fingerprint density at radius 1 is 1.17 bits per heavy atom. The maximum absolute atomic E-state index is 12.4. The maximum atomic E-state index is 12.4. The van der Waals surface area contributed by atoms with Gasteiger partial charge in [-0.05, 0) is 78.5 Å². The Labute approximate surface area is 189 Å². The SMILES string of the molecule is Cc1c(NC(=S)NC(=O)c2cccc(I)c2)cccc1-c1nn2c(C)nnc2s1. The van der Waals surface area contributed by atoms with Gasteiger partial charge in [0.1, 0.15) is 5.01 Å². The minimum Gasteiger partial charge on any atom is -0.332 e. The number of aromatic nitrogens is 4. The van der Waals surface area contributed by atoms with E-state index in [1.165, 1.54) is 11.3 Å². The molecule has 1 amide bonds. The van der Waals surface area contributed by atoms with Crippen molar-refractivity contribution in [2.24, 2.45) is 0 Å². The molecule has 10 heteroatoms. The number of anilines is 1. The molecule has 146 valence electrons. The van der Waals surface area contributed by atoms with Gasteiger partial charge in [-0.15, -0.1) is 10.2 Å². The van der Waals surface area contributed by atoms with E-state index in [2.05, 4.69) is 48.5 Å². The van der Waals surface area contributed by atoms with Crippen LogP contribution in [0.2, 0.25) is 0 Å². The van der Waals surface area contributed by atoms with Crippen molar-refractivity contribution in [1.82, 2.24) is 25.1 Å². The van der Waals surface area contributed by atoms with Crippen LogP contribution in [0.15, 0.2) is 42.5 Å². The zero-order valence-electron chi connectivity index (χ0n) is 15.4. The molecule has 4 aromatic rings. The van der Waals surface area contributed by atoms with E-state index in [0.717, 1.165) is 36.2 Å². The third kappa shape index (κ3) is 4.14. The molecule has 0 aliphatic heterocycles. The van der Waals surface area contributed by atoms with E-state index in [-0.39, 0.29) is 11.0 Å². The van der Waals surface area contributed by atoms with Crippen LogP contribution in [-0.4, -0.2) is 30.8 Å². The highest BCUT2D eigenvalue weighted by Gasteiger charge is 2.15. The Morgan fingerprint density at radius 3 is 2.72 bits per heavy atom. The third-order valence-electron chi connectivity index (χ3n) is 4.27. The average molecular weight is 534 g/mol. The first-order chi connectivity index (χ1) is 13.9. The van der Waals surface area contributed by atoms with Crippen molar-refractivity contribution in [2.45, 2.75) is 13.8 Å². The van der Waals surface area contributed by atoms with Crippen LogP contribution in [0, 0.1) is 17.4 Å². The summed E-state index contributed by atoms with van der Waals surface area (Å²) in [7, 11) is 0. The molecule has 7 nitrogen and oxygen atoms in total. The van der Waals surface area contributed by atoms with Gasteiger partial charge in [-0.1, -0.05) is 29.5 Å². The molecule has 0 aliphatic carbocycles. The summed E-state index contributed by atoms with van der Waals surface area (Å²) < 4.78 is 2.71. The van der Waals surface area contributed by atoms with E-state index >= 15 is 0 Å². The lowest BCUT2D eigenvalue weighted by atomic mass is 10.1. The molecule has 0 atom stereocenters. The average Bonchev–Trinajstić information content (AvgIpc) is 3.25. The Bertz CT molecular complexity index is 1250. The van der Waals surface area contributed by atoms with Crippen LogP contribution < -0.4 is 10.6 Å². The molecular formula is C19H15IN6OS2. The summed E-state index contributed by atoms with van der Waals surface area (Å²) in [6, 6.07) is 13.1. The molecule has 2 aromatic heterocycles. The monoisotopic (exact) mass is 534 g/mol. The van der Waals surface area contributed by atoms with Gasteiger partial charge in [-0.25, -0.2) is 0 Å². The molecule has 2 N–H and O–H groups in total. The number of rotatable bonds is 3. The molecule has 4 rings (SSSR count). The second-order valence-electron chi connectivity index (χ2n) is 6.25. The van der Waals surface area contributed by atoms with Gasteiger partial charge < -0.3 is 5.32 Å². The lowest BCUT2D eigenvalue weighted by Crippen LogP contribution is -2.34. The summed E-state index contributed by atoms with van der Waals surface area (Å²) in [5.41, 5.74) is 3.30. The summed E-state index contributed by atoms with van der Waals surface area (Å²) in [4.78, 5) is 13.2. The van der Waals surface area contributed by atoms with Crippen molar-refractivity contribution in [2.75, 3.05) is 5.32 Å². The molecule has 0 saturated heterocycles. The number of thiocarbonyl (C=S) groups is 1. The predicted octanol–water partition coefficient (Wildman–Crippen LogP) is 4.20. The first-order valence-electron chi connectivity index (χ1n) is 8.59. The molecule has 2 heterocycles. The maximum Gasteiger partial charge on any atom is 0.257 e. The number of amides is 1. The quantitative estimate of drug-likeness (QED) is 0.303. The van der Waals surface area contributed by atoms with Crippen LogP contribution in [0.3, 0.4) is 0 Å². The van der Waals surface area contributed by atoms with Crippen LogP contribution in [0.4, 0.5) is 5.69 Å². The van der Waals surface area contributed by atoms with Gasteiger partial charge >= 0.3 is 0 Å². The summed E-state index contributed by atoms with van der Waals surface area (Å²) in [5.74, 6) is 0.493. The minimum absolute atomic E-state index is 0.239. The fourth-order valence-electron chi connectivity index (χ4n) is 2.78. The minimum atomic E-state index is -0.251. The van der Waals surface area contributed by atoms with Crippen LogP contribution in [0.5, 0.6) is 0 Å². The first kappa shape index (κ1) is 19.9. The molecular weight excluding hydrogens is 519 g/mol. The van der Waals surface area contributed by atoms with Crippen molar-refractivity contribution < 1.29 is 4.79 Å². The summed E-state index contributed by atoms with van der Waals surface area (Å²) in [6.45, 7) is 3.85. The van der Waals surface area contributed by atoms with Gasteiger partial charge in [0.05, 0.1) is 0 Å². The van der Waals surface area contributed by atoms with Gasteiger partial charge in [0, 0.05) is 20.4 Å².